The summed E-state index contributed by atoms with van der Waals surface area (Å²) in [7, 11) is 0. The Labute approximate surface area is 131 Å². The van der Waals surface area contributed by atoms with Crippen molar-refractivity contribution < 1.29 is 14.3 Å². The fourth-order valence-corrected chi connectivity index (χ4v) is 3.19. The molecule has 4 rings (SSSR count). The van der Waals surface area contributed by atoms with Crippen LogP contribution < -0.4 is 14.8 Å². The van der Waals surface area contributed by atoms with E-state index in [0.29, 0.717) is 11.5 Å². The first-order chi connectivity index (χ1) is 10.8. The standard InChI is InChI=1S/C17H13NO3S/c19-17(15-10-20-13-3-1-2-4-14(13)21-15)18-12-5-6-16-11(9-12)7-8-22-16/h1-9,15H,10H2,(H,18,19). The first-order valence-corrected chi connectivity index (χ1v) is 7.84. The maximum absolute atomic E-state index is 12.3. The summed E-state index contributed by atoms with van der Waals surface area (Å²) in [6.45, 7) is 0.212. The number of para-hydroxylation sites is 2. The molecule has 1 unspecified atom stereocenters. The van der Waals surface area contributed by atoms with Crippen LogP contribution in [0.4, 0.5) is 5.69 Å². The zero-order valence-corrected chi connectivity index (χ0v) is 12.4. The predicted molar refractivity (Wildman–Crippen MR) is 86.8 cm³/mol. The van der Waals surface area contributed by atoms with Gasteiger partial charge in [0.15, 0.2) is 11.5 Å². The molecule has 0 saturated carbocycles. The fraction of sp³-hybridized carbons (Fsp3) is 0.118. The lowest BCUT2D eigenvalue weighted by Crippen LogP contribution is -2.40. The van der Waals surface area contributed by atoms with E-state index in [2.05, 4.69) is 5.32 Å². The van der Waals surface area contributed by atoms with Crippen LogP contribution in [0.1, 0.15) is 0 Å². The highest BCUT2D eigenvalue weighted by molar-refractivity contribution is 7.17. The van der Waals surface area contributed by atoms with E-state index < -0.39 is 6.10 Å². The Kier molecular flexibility index (Phi) is 3.20. The Morgan fingerprint density at radius 2 is 2.00 bits per heavy atom. The number of carbonyl (C=O) groups excluding carboxylic acids is 1. The van der Waals surface area contributed by atoms with Crippen LogP contribution in [-0.2, 0) is 4.79 Å². The normalized spacial score (nSPS) is 16.5. The van der Waals surface area contributed by atoms with E-state index in [9.17, 15) is 4.79 Å². The number of fused-ring (bicyclic) bond motifs is 2. The van der Waals surface area contributed by atoms with E-state index in [-0.39, 0.29) is 12.5 Å². The molecule has 5 heteroatoms. The van der Waals surface area contributed by atoms with E-state index in [0.717, 1.165) is 11.1 Å². The Hall–Kier alpha value is -2.53. The van der Waals surface area contributed by atoms with Crippen molar-refractivity contribution in [2.75, 3.05) is 11.9 Å². The van der Waals surface area contributed by atoms with Crippen molar-refractivity contribution in [3.05, 3.63) is 53.9 Å². The van der Waals surface area contributed by atoms with Gasteiger partial charge in [0.2, 0.25) is 6.10 Å². The zero-order valence-electron chi connectivity index (χ0n) is 11.6. The van der Waals surface area contributed by atoms with Crippen molar-refractivity contribution in [1.82, 2.24) is 0 Å². The van der Waals surface area contributed by atoms with Gasteiger partial charge in [-0.15, -0.1) is 11.3 Å². The summed E-state index contributed by atoms with van der Waals surface area (Å²) < 4.78 is 12.5. The van der Waals surface area contributed by atoms with Gasteiger partial charge in [-0.05, 0) is 47.2 Å². The molecule has 0 spiro atoms. The molecule has 4 nitrogen and oxygen atoms in total. The molecule has 0 saturated heterocycles. The fourth-order valence-electron chi connectivity index (χ4n) is 2.42. The third-order valence-corrected chi connectivity index (χ3v) is 4.42. The average Bonchev–Trinajstić information content (AvgIpc) is 3.02. The lowest BCUT2D eigenvalue weighted by molar-refractivity contribution is -0.125. The molecular formula is C17H13NO3S. The summed E-state index contributed by atoms with van der Waals surface area (Å²) in [5.74, 6) is 1.07. The largest absolute Gasteiger partial charge is 0.485 e. The first-order valence-electron chi connectivity index (χ1n) is 6.96. The maximum Gasteiger partial charge on any atom is 0.269 e. The quantitative estimate of drug-likeness (QED) is 0.785. The Balaban J connectivity index is 1.50. The zero-order chi connectivity index (χ0) is 14.9. The van der Waals surface area contributed by atoms with E-state index in [1.807, 2.05) is 47.8 Å². The molecule has 1 aliphatic heterocycles. The summed E-state index contributed by atoms with van der Waals surface area (Å²) in [6, 6.07) is 15.2. The second-order valence-corrected chi connectivity index (χ2v) is 5.97. The molecule has 0 aliphatic carbocycles. The van der Waals surface area contributed by atoms with Crippen molar-refractivity contribution >= 4 is 33.0 Å². The van der Waals surface area contributed by atoms with Crippen LogP contribution in [0.5, 0.6) is 11.5 Å². The topological polar surface area (TPSA) is 47.6 Å². The lowest BCUT2D eigenvalue weighted by atomic mass is 10.2. The Morgan fingerprint density at radius 3 is 2.91 bits per heavy atom. The molecule has 1 amide bonds. The second-order valence-electron chi connectivity index (χ2n) is 5.03. The minimum atomic E-state index is -0.645. The Bertz CT molecular complexity index is 843. The van der Waals surface area contributed by atoms with Crippen LogP contribution in [0.2, 0.25) is 0 Å². The number of anilines is 1. The van der Waals surface area contributed by atoms with Gasteiger partial charge in [0.25, 0.3) is 5.91 Å². The van der Waals surface area contributed by atoms with Crippen molar-refractivity contribution in [3.63, 3.8) is 0 Å². The predicted octanol–water partition coefficient (Wildman–Crippen LogP) is 3.68. The van der Waals surface area contributed by atoms with E-state index in [1.165, 1.54) is 4.70 Å². The smallest absolute Gasteiger partial charge is 0.269 e. The molecule has 3 aromatic rings. The summed E-state index contributed by atoms with van der Waals surface area (Å²) in [5.41, 5.74) is 0.762. The summed E-state index contributed by atoms with van der Waals surface area (Å²) in [5, 5.41) is 6.04. The molecule has 1 aromatic heterocycles. The van der Waals surface area contributed by atoms with Crippen molar-refractivity contribution in [2.24, 2.45) is 0 Å². The molecule has 0 fully saturated rings. The number of nitrogens with one attached hydrogen (secondary N) is 1. The number of rotatable bonds is 2. The lowest BCUT2D eigenvalue weighted by Gasteiger charge is -2.25. The molecule has 1 atom stereocenters. The number of amides is 1. The minimum absolute atomic E-state index is 0.205. The highest BCUT2D eigenvalue weighted by Gasteiger charge is 2.27. The highest BCUT2D eigenvalue weighted by Crippen LogP contribution is 2.31. The monoisotopic (exact) mass is 311 g/mol. The van der Waals surface area contributed by atoms with Crippen molar-refractivity contribution in [3.8, 4) is 11.5 Å². The number of carbonyl (C=O) groups is 1. The molecule has 1 N–H and O–H groups in total. The third kappa shape index (κ3) is 2.40. The SMILES string of the molecule is O=C(Nc1ccc2sccc2c1)C1COc2ccccc2O1. The van der Waals surface area contributed by atoms with Gasteiger partial charge < -0.3 is 14.8 Å². The van der Waals surface area contributed by atoms with Crippen LogP contribution in [-0.4, -0.2) is 18.6 Å². The number of hydrogen-bond donors (Lipinski definition) is 1. The van der Waals surface area contributed by atoms with Gasteiger partial charge in [0.1, 0.15) is 6.61 Å². The second kappa shape index (κ2) is 5.35. The molecular weight excluding hydrogens is 298 g/mol. The van der Waals surface area contributed by atoms with Gasteiger partial charge in [-0.1, -0.05) is 12.1 Å². The van der Waals surface area contributed by atoms with Crippen LogP contribution in [0, 0.1) is 0 Å². The highest BCUT2D eigenvalue weighted by atomic mass is 32.1. The summed E-state index contributed by atoms with van der Waals surface area (Å²) in [6.07, 6.45) is -0.645. The minimum Gasteiger partial charge on any atom is -0.485 e. The van der Waals surface area contributed by atoms with Gasteiger partial charge in [0.05, 0.1) is 0 Å². The van der Waals surface area contributed by atoms with Crippen molar-refractivity contribution in [2.45, 2.75) is 6.10 Å². The van der Waals surface area contributed by atoms with Gasteiger partial charge >= 0.3 is 0 Å². The van der Waals surface area contributed by atoms with E-state index in [4.69, 9.17) is 9.47 Å². The number of hydrogen-bond acceptors (Lipinski definition) is 4. The van der Waals surface area contributed by atoms with Crippen LogP contribution in [0.15, 0.2) is 53.9 Å². The number of benzene rings is 2. The van der Waals surface area contributed by atoms with E-state index in [1.54, 1.807) is 17.4 Å². The van der Waals surface area contributed by atoms with Gasteiger partial charge in [0, 0.05) is 10.4 Å². The van der Waals surface area contributed by atoms with E-state index >= 15 is 0 Å². The van der Waals surface area contributed by atoms with Gasteiger partial charge in [-0.2, -0.15) is 0 Å². The molecule has 2 heterocycles. The Morgan fingerprint density at radius 1 is 1.14 bits per heavy atom. The van der Waals surface area contributed by atoms with Crippen LogP contribution in [0.3, 0.4) is 0 Å². The average molecular weight is 311 g/mol. The molecule has 1 aliphatic rings. The molecule has 2 aromatic carbocycles. The maximum atomic E-state index is 12.3. The first kappa shape index (κ1) is 13.2. The number of ether oxygens (including phenoxy) is 2. The molecule has 110 valence electrons. The van der Waals surface area contributed by atoms with Crippen molar-refractivity contribution in [1.29, 1.82) is 0 Å². The van der Waals surface area contributed by atoms with Gasteiger partial charge in [-0.3, -0.25) is 4.79 Å². The van der Waals surface area contributed by atoms with Crippen LogP contribution >= 0.6 is 11.3 Å². The molecule has 0 bridgehead atoms. The van der Waals surface area contributed by atoms with Crippen LogP contribution in [0.25, 0.3) is 10.1 Å². The number of thiophene rings is 1. The van der Waals surface area contributed by atoms with Gasteiger partial charge in [-0.25, -0.2) is 0 Å². The summed E-state index contributed by atoms with van der Waals surface area (Å²) in [4.78, 5) is 12.3. The molecule has 0 radical (unpaired) electrons. The third-order valence-electron chi connectivity index (χ3n) is 3.52. The summed E-state index contributed by atoms with van der Waals surface area (Å²) >= 11 is 1.68. The molecule has 22 heavy (non-hydrogen) atoms.